The van der Waals surface area contributed by atoms with Gasteiger partial charge in [-0.1, -0.05) is 31.0 Å². The van der Waals surface area contributed by atoms with Gasteiger partial charge in [0.2, 0.25) is 0 Å². The van der Waals surface area contributed by atoms with Crippen molar-refractivity contribution in [1.82, 2.24) is 9.78 Å². The maximum atomic E-state index is 9.22. The first kappa shape index (κ1) is 13.2. The molecule has 0 unspecified atom stereocenters. The Kier molecular flexibility index (Phi) is 3.57. The second-order valence-electron chi connectivity index (χ2n) is 4.77. The lowest BCUT2D eigenvalue weighted by molar-refractivity contribution is 0.807. The lowest BCUT2D eigenvalue weighted by atomic mass is 10.1. The molecule has 1 aromatic carbocycles. The molecule has 0 saturated carbocycles. The number of aryl methyl sites for hydroxylation is 3. The predicted octanol–water partition coefficient (Wildman–Crippen LogP) is 2.90. The van der Waals surface area contributed by atoms with Crippen LogP contribution < -0.4 is 5.73 Å². The molecule has 0 fully saturated rings. The summed E-state index contributed by atoms with van der Waals surface area (Å²) in [5, 5.41) is 13.7. The van der Waals surface area contributed by atoms with Crippen LogP contribution in [-0.2, 0) is 6.42 Å². The van der Waals surface area contributed by atoms with Crippen molar-refractivity contribution in [3.63, 3.8) is 0 Å². The number of nitriles is 1. The number of hydrogen-bond acceptors (Lipinski definition) is 3. The van der Waals surface area contributed by atoms with E-state index in [4.69, 9.17) is 5.73 Å². The molecule has 0 bridgehead atoms. The highest BCUT2D eigenvalue weighted by molar-refractivity contribution is 5.57. The molecule has 0 aliphatic rings. The number of hydrogen-bond donors (Lipinski definition) is 1. The van der Waals surface area contributed by atoms with Crippen LogP contribution in [0.5, 0.6) is 0 Å². The Balaban J connectivity index is 2.60. The number of benzene rings is 1. The van der Waals surface area contributed by atoms with Crippen LogP contribution in [0.4, 0.5) is 5.82 Å². The van der Waals surface area contributed by atoms with E-state index < -0.39 is 0 Å². The van der Waals surface area contributed by atoms with Crippen LogP contribution in [0.1, 0.15) is 35.7 Å². The second-order valence-corrected chi connectivity index (χ2v) is 4.77. The molecule has 19 heavy (non-hydrogen) atoms. The summed E-state index contributed by atoms with van der Waals surface area (Å²) in [6.07, 6.45) is 1.71. The van der Waals surface area contributed by atoms with Crippen LogP contribution in [0.15, 0.2) is 18.2 Å². The number of rotatable bonds is 3. The lowest BCUT2D eigenvalue weighted by Crippen LogP contribution is -2.04. The summed E-state index contributed by atoms with van der Waals surface area (Å²) in [5.74, 6) is 0.429. The number of anilines is 1. The third-order valence-corrected chi connectivity index (χ3v) is 3.17. The zero-order valence-corrected chi connectivity index (χ0v) is 11.6. The number of aromatic nitrogens is 2. The van der Waals surface area contributed by atoms with Crippen molar-refractivity contribution in [1.29, 1.82) is 5.26 Å². The van der Waals surface area contributed by atoms with Crippen molar-refractivity contribution in [3.8, 4) is 11.8 Å². The van der Waals surface area contributed by atoms with E-state index in [1.807, 2.05) is 26.0 Å². The molecule has 1 heterocycles. The van der Waals surface area contributed by atoms with Gasteiger partial charge in [-0.3, -0.25) is 0 Å². The molecule has 0 spiro atoms. The smallest absolute Gasteiger partial charge is 0.145 e. The standard InChI is InChI=1S/C15H18N4/c1-4-5-13-12(9-16)15(17)19(18-13)14-7-6-10(2)8-11(14)3/h6-8H,4-5,17H2,1-3H3. The van der Waals surface area contributed by atoms with Crippen molar-refractivity contribution >= 4 is 5.82 Å². The number of nitrogens with two attached hydrogens (primary N) is 1. The zero-order chi connectivity index (χ0) is 14.0. The van der Waals surface area contributed by atoms with E-state index in [2.05, 4.69) is 24.2 Å². The van der Waals surface area contributed by atoms with E-state index in [0.717, 1.165) is 29.8 Å². The average molecular weight is 254 g/mol. The van der Waals surface area contributed by atoms with E-state index >= 15 is 0 Å². The fourth-order valence-corrected chi connectivity index (χ4v) is 2.24. The highest BCUT2D eigenvalue weighted by atomic mass is 15.3. The Hall–Kier alpha value is -2.28. The molecule has 2 aromatic rings. The summed E-state index contributed by atoms with van der Waals surface area (Å²) >= 11 is 0. The molecule has 4 heteroatoms. The first-order valence-electron chi connectivity index (χ1n) is 6.43. The van der Waals surface area contributed by atoms with Crippen molar-refractivity contribution < 1.29 is 0 Å². The normalized spacial score (nSPS) is 10.4. The van der Waals surface area contributed by atoms with Gasteiger partial charge in [-0.2, -0.15) is 10.4 Å². The van der Waals surface area contributed by atoms with Crippen LogP contribution in [0.25, 0.3) is 5.69 Å². The maximum Gasteiger partial charge on any atom is 0.145 e. The second kappa shape index (κ2) is 5.15. The van der Waals surface area contributed by atoms with Crippen LogP contribution in [0, 0.1) is 25.2 Å². The third kappa shape index (κ3) is 2.32. The molecule has 0 aliphatic heterocycles. The zero-order valence-electron chi connectivity index (χ0n) is 11.6. The Labute approximate surface area is 113 Å². The molecule has 0 radical (unpaired) electrons. The number of nitrogen functional groups attached to an aromatic ring is 1. The van der Waals surface area contributed by atoms with E-state index in [1.165, 1.54) is 5.56 Å². The predicted molar refractivity (Wildman–Crippen MR) is 76.2 cm³/mol. The average Bonchev–Trinajstić information content (AvgIpc) is 2.66. The van der Waals surface area contributed by atoms with E-state index in [0.29, 0.717) is 11.4 Å². The summed E-state index contributed by atoms with van der Waals surface area (Å²) in [4.78, 5) is 0. The van der Waals surface area contributed by atoms with Crippen molar-refractivity contribution in [2.24, 2.45) is 0 Å². The van der Waals surface area contributed by atoms with E-state index in [9.17, 15) is 5.26 Å². The molecule has 1 aromatic heterocycles. The van der Waals surface area contributed by atoms with Crippen molar-refractivity contribution in [2.75, 3.05) is 5.73 Å². The minimum atomic E-state index is 0.429. The van der Waals surface area contributed by atoms with Gasteiger partial charge in [-0.05, 0) is 31.9 Å². The summed E-state index contributed by atoms with van der Waals surface area (Å²) < 4.78 is 1.68. The molecule has 0 aliphatic carbocycles. The largest absolute Gasteiger partial charge is 0.382 e. The molecule has 2 rings (SSSR count). The van der Waals surface area contributed by atoms with Gasteiger partial charge in [0.05, 0.1) is 11.4 Å². The number of nitrogens with zero attached hydrogens (tertiary/aromatic N) is 3. The first-order valence-corrected chi connectivity index (χ1v) is 6.43. The van der Waals surface area contributed by atoms with Gasteiger partial charge >= 0.3 is 0 Å². The summed E-state index contributed by atoms with van der Waals surface area (Å²) in [7, 11) is 0. The molecule has 0 atom stereocenters. The van der Waals surface area contributed by atoms with Gasteiger partial charge < -0.3 is 5.73 Å². The van der Waals surface area contributed by atoms with Gasteiger partial charge in [-0.15, -0.1) is 0 Å². The fourth-order valence-electron chi connectivity index (χ4n) is 2.24. The van der Waals surface area contributed by atoms with Gasteiger partial charge in [0.1, 0.15) is 17.5 Å². The molecule has 4 nitrogen and oxygen atoms in total. The SMILES string of the molecule is CCCc1nn(-c2ccc(C)cc2C)c(N)c1C#N. The summed E-state index contributed by atoms with van der Waals surface area (Å²) in [6.45, 7) is 6.13. The highest BCUT2D eigenvalue weighted by Crippen LogP contribution is 2.24. The van der Waals surface area contributed by atoms with Crippen LogP contribution in [0.3, 0.4) is 0 Å². The van der Waals surface area contributed by atoms with Crippen LogP contribution >= 0.6 is 0 Å². The Bertz CT molecular complexity index is 647. The monoisotopic (exact) mass is 254 g/mol. The minimum Gasteiger partial charge on any atom is -0.382 e. The lowest BCUT2D eigenvalue weighted by Gasteiger charge is -2.08. The van der Waals surface area contributed by atoms with Crippen LogP contribution in [0.2, 0.25) is 0 Å². The van der Waals surface area contributed by atoms with E-state index in [-0.39, 0.29) is 0 Å². The highest BCUT2D eigenvalue weighted by Gasteiger charge is 2.16. The van der Waals surface area contributed by atoms with Crippen LogP contribution in [-0.4, -0.2) is 9.78 Å². The summed E-state index contributed by atoms with van der Waals surface area (Å²) in [5.41, 5.74) is 10.6. The summed E-state index contributed by atoms with van der Waals surface area (Å²) in [6, 6.07) is 8.26. The molecule has 2 N–H and O–H groups in total. The minimum absolute atomic E-state index is 0.429. The van der Waals surface area contributed by atoms with Gasteiger partial charge in [0.15, 0.2) is 0 Å². The van der Waals surface area contributed by atoms with E-state index in [1.54, 1.807) is 4.68 Å². The topological polar surface area (TPSA) is 67.6 Å². The molecular weight excluding hydrogens is 236 g/mol. The fraction of sp³-hybridized carbons (Fsp3) is 0.333. The molecule has 0 saturated heterocycles. The first-order chi connectivity index (χ1) is 9.08. The maximum absolute atomic E-state index is 9.22. The Morgan fingerprint density at radius 1 is 1.37 bits per heavy atom. The Morgan fingerprint density at radius 3 is 2.68 bits per heavy atom. The quantitative estimate of drug-likeness (QED) is 0.915. The van der Waals surface area contributed by atoms with Gasteiger partial charge in [-0.25, -0.2) is 4.68 Å². The molecule has 0 amide bonds. The van der Waals surface area contributed by atoms with Gasteiger partial charge in [0.25, 0.3) is 0 Å². The van der Waals surface area contributed by atoms with Crippen molar-refractivity contribution in [3.05, 3.63) is 40.6 Å². The Morgan fingerprint density at radius 2 is 2.11 bits per heavy atom. The van der Waals surface area contributed by atoms with Crippen molar-refractivity contribution in [2.45, 2.75) is 33.6 Å². The van der Waals surface area contributed by atoms with Gasteiger partial charge in [0, 0.05) is 0 Å². The third-order valence-electron chi connectivity index (χ3n) is 3.17. The molecule has 98 valence electrons. The molecular formula is C15H18N4.